The van der Waals surface area contributed by atoms with Gasteiger partial charge in [0, 0.05) is 33.8 Å². The van der Waals surface area contributed by atoms with Gasteiger partial charge in [-0.05, 0) is 6.07 Å². The van der Waals surface area contributed by atoms with Gasteiger partial charge >= 0.3 is 45.5 Å². The van der Waals surface area contributed by atoms with E-state index in [0.29, 0.717) is 0 Å². The van der Waals surface area contributed by atoms with Gasteiger partial charge in [0.2, 0.25) is 27.2 Å². The van der Waals surface area contributed by atoms with Crippen LogP contribution in [0.4, 0.5) is 5.82 Å². The molecule has 2 aliphatic rings. The van der Waals surface area contributed by atoms with Crippen molar-refractivity contribution in [3.05, 3.63) is 42.7 Å². The molecule has 3 aromatic rings. The number of aliphatic hydroxyl groups excluding tert-OH is 3. The highest BCUT2D eigenvalue weighted by Crippen LogP contribution is 2.62. The van der Waals surface area contributed by atoms with Crippen LogP contribution in [0.2, 0.25) is 0 Å². The van der Waals surface area contributed by atoms with Gasteiger partial charge < -0.3 is 63.6 Å². The molecule has 0 spiro atoms. The molecule has 0 aromatic carbocycles. The Balaban J connectivity index is 1.32. The van der Waals surface area contributed by atoms with Crippen LogP contribution in [-0.2, 0) is 97.5 Å². The maximum atomic E-state index is 13.8. The number of carbonyl (C=O) groups excluding carboxylic acids is 5. The Bertz CT molecular complexity index is 2420. The molecule has 5 heterocycles. The number of esters is 5. The van der Waals surface area contributed by atoms with Crippen LogP contribution < -0.4 is 15.2 Å². The third kappa shape index (κ3) is 14.8. The number of anilines is 1. The molecule has 10 atom stereocenters. The molecule has 2 aliphatic heterocycles. The second-order valence-corrected chi connectivity index (χ2v) is 18.5. The maximum Gasteiger partial charge on any atom is 0.484 e. The number of aromatic nitrogens is 5. The molecule has 0 saturated carbocycles. The SMILES string of the molecule is CC(=O)OCOC(=O)c1ccc[n+]([C@@H]2O[C@H](COP(=O)(OCOC(C)=O)OP(=O)([O-])OC[C@H]3O[C@@H](n4cnc5c(N)ncnc54)[C@H](OP(=O)(OCOC(C)=O)OCOC(C)=O)[C@@H]3O)[C@@H](O)[C@H]2O)c1. The first kappa shape index (κ1) is 54.0. The number of hydrogen-bond donors (Lipinski definition) is 4. The van der Waals surface area contributed by atoms with Crippen molar-refractivity contribution in [3.8, 4) is 0 Å². The molecule has 0 bridgehead atoms. The summed E-state index contributed by atoms with van der Waals surface area (Å²) >= 11 is 0. The van der Waals surface area contributed by atoms with Gasteiger partial charge in [0.25, 0.3) is 14.1 Å². The lowest BCUT2D eigenvalue weighted by Gasteiger charge is -2.28. The summed E-state index contributed by atoms with van der Waals surface area (Å²) in [5.41, 5.74) is 5.71. The first-order valence-electron chi connectivity index (χ1n) is 19.1. The van der Waals surface area contributed by atoms with Gasteiger partial charge in [0.1, 0.15) is 47.9 Å². The van der Waals surface area contributed by atoms with Crippen LogP contribution in [0, 0.1) is 0 Å². The highest BCUT2D eigenvalue weighted by molar-refractivity contribution is 7.61. The highest BCUT2D eigenvalue weighted by atomic mass is 31.3. The van der Waals surface area contributed by atoms with Crippen molar-refractivity contribution < 1.29 is 127 Å². The number of pyridine rings is 1. The zero-order valence-corrected chi connectivity index (χ0v) is 38.4. The topological polar surface area (TPSA) is 423 Å². The molecule has 5 rings (SSSR count). The number of nitrogens with two attached hydrogens (primary N) is 1. The van der Waals surface area contributed by atoms with E-state index in [1.54, 1.807) is 0 Å². The van der Waals surface area contributed by atoms with E-state index in [1.165, 1.54) is 18.3 Å². The minimum absolute atomic E-state index is 0.00365. The number of aliphatic hydroxyl groups is 3. The minimum atomic E-state index is -5.99. The second kappa shape index (κ2) is 23.6. The number of hydrogen-bond acceptors (Lipinski definition) is 30. The Morgan fingerprint density at radius 2 is 1.32 bits per heavy atom. The number of nitrogens with zero attached hydrogens (tertiary/aromatic N) is 5. The van der Waals surface area contributed by atoms with Crippen LogP contribution in [0.25, 0.3) is 11.2 Å². The number of carbonyl (C=O) groups is 5. The number of imidazole rings is 1. The molecule has 0 aliphatic carbocycles. The van der Waals surface area contributed by atoms with E-state index < -0.39 is 143 Å². The Morgan fingerprint density at radius 3 is 1.94 bits per heavy atom. The minimum Gasteiger partial charge on any atom is -0.756 e. The molecule has 2 saturated heterocycles. The van der Waals surface area contributed by atoms with Gasteiger partial charge in [-0.2, -0.15) is 4.57 Å². The van der Waals surface area contributed by atoms with Crippen molar-refractivity contribution in [1.29, 1.82) is 0 Å². The number of ether oxygens (including phenoxy) is 7. The van der Waals surface area contributed by atoms with Crippen molar-refractivity contribution in [1.82, 2.24) is 19.5 Å². The number of fused-ring (bicyclic) bond motifs is 1. The van der Waals surface area contributed by atoms with E-state index in [-0.39, 0.29) is 22.5 Å². The van der Waals surface area contributed by atoms with E-state index in [1.807, 2.05) is 0 Å². The molecule has 5 N–H and O–H groups in total. The molecular weight excluding hydrogens is 989 g/mol. The van der Waals surface area contributed by atoms with Gasteiger partial charge in [0.15, 0.2) is 36.2 Å². The standard InChI is InChI=1S/C33H43N6O26P3/c1-17(40)52-13-56-33(47)21-6-5-7-38(8-21)31-27(46)25(44)22(62-31)10-58-68(51,61-16-55-20(4)43)65-66(48,49)57-9-23-26(45)28(32(63-23)39-12-37-24-29(34)35-11-36-30(24)39)64-67(50,59-14-53-18(2)41)60-15-54-19(3)42/h5-8,11-12,22-23,25-28,31-32,44-46H,9-10,13-16H2,1-4H3,(H2-,34,35,36,48,49)/t22-,23-,25-,26-,27-,28-,31-,32-,68?/m1/s1. The van der Waals surface area contributed by atoms with E-state index in [0.717, 1.165) is 55.7 Å². The quantitative estimate of drug-likeness (QED) is 0.0266. The van der Waals surface area contributed by atoms with Gasteiger partial charge in [0.05, 0.1) is 19.5 Å². The predicted molar refractivity (Wildman–Crippen MR) is 208 cm³/mol. The highest BCUT2D eigenvalue weighted by Gasteiger charge is 2.52. The fraction of sp³-hybridized carbons (Fsp3) is 0.545. The summed E-state index contributed by atoms with van der Waals surface area (Å²) < 4.78 is 113. The molecular formula is C33H43N6O26P3. The summed E-state index contributed by atoms with van der Waals surface area (Å²) in [5, 5.41) is 33.1. The Morgan fingerprint density at radius 1 is 0.750 bits per heavy atom. The first-order valence-corrected chi connectivity index (χ1v) is 23.5. The van der Waals surface area contributed by atoms with Crippen LogP contribution in [0.15, 0.2) is 37.2 Å². The monoisotopic (exact) mass is 1030 g/mol. The molecule has 2 unspecified atom stereocenters. The number of nitrogen functional groups attached to an aromatic ring is 1. The van der Waals surface area contributed by atoms with E-state index in [2.05, 4.69) is 38.2 Å². The van der Waals surface area contributed by atoms with Crippen molar-refractivity contribution in [2.45, 2.75) is 76.8 Å². The summed E-state index contributed by atoms with van der Waals surface area (Å²) in [5.74, 6) is -4.58. The molecule has 68 heavy (non-hydrogen) atoms. The Hall–Kier alpha value is -4.98. The number of rotatable bonds is 24. The predicted octanol–water partition coefficient (Wildman–Crippen LogP) is -1.32. The van der Waals surface area contributed by atoms with E-state index in [9.17, 15) is 57.9 Å². The van der Waals surface area contributed by atoms with Crippen molar-refractivity contribution in [3.63, 3.8) is 0 Å². The summed E-state index contributed by atoms with van der Waals surface area (Å²) in [6, 6.07) is 2.64. The number of phosphoric ester groups is 3. The summed E-state index contributed by atoms with van der Waals surface area (Å²) in [6.45, 7) is -2.37. The van der Waals surface area contributed by atoms with Gasteiger partial charge in [-0.3, -0.25) is 37.4 Å². The third-order valence-corrected chi connectivity index (χ3v) is 13.1. The van der Waals surface area contributed by atoms with Crippen LogP contribution in [0.3, 0.4) is 0 Å². The lowest BCUT2D eigenvalue weighted by Crippen LogP contribution is -2.46. The molecule has 35 heteroatoms. The number of phosphoric acid groups is 3. The smallest absolute Gasteiger partial charge is 0.484 e. The average Bonchev–Trinajstić information content (AvgIpc) is 3.91. The third-order valence-electron chi connectivity index (χ3n) is 8.78. The van der Waals surface area contributed by atoms with Crippen LogP contribution in [0.1, 0.15) is 50.5 Å². The van der Waals surface area contributed by atoms with Crippen molar-refractivity contribution in [2.75, 3.05) is 46.1 Å². The molecule has 0 amide bonds. The van der Waals surface area contributed by atoms with Crippen LogP contribution in [-0.4, -0.2) is 142 Å². The van der Waals surface area contributed by atoms with Gasteiger partial charge in [-0.15, -0.1) is 0 Å². The zero-order valence-electron chi connectivity index (χ0n) is 35.7. The molecule has 0 radical (unpaired) electrons. The van der Waals surface area contributed by atoms with Gasteiger partial charge in [-0.25, -0.2) is 46.8 Å². The summed E-state index contributed by atoms with van der Waals surface area (Å²) in [4.78, 5) is 82.9. The normalized spacial score (nSPS) is 24.4. The summed E-state index contributed by atoms with van der Waals surface area (Å²) in [6.07, 6.45) is -9.74. The Kier molecular flexibility index (Phi) is 18.7. The molecule has 2 fully saturated rings. The molecule has 376 valence electrons. The fourth-order valence-corrected chi connectivity index (χ4v) is 9.26. The van der Waals surface area contributed by atoms with Crippen LogP contribution in [0.5, 0.6) is 0 Å². The lowest BCUT2D eigenvalue weighted by atomic mass is 10.1. The molecule has 32 nitrogen and oxygen atoms in total. The van der Waals surface area contributed by atoms with Gasteiger partial charge in [-0.1, -0.05) is 0 Å². The van der Waals surface area contributed by atoms with E-state index in [4.69, 9.17) is 47.1 Å². The second-order valence-electron chi connectivity index (χ2n) is 13.6. The maximum absolute atomic E-state index is 13.8. The summed E-state index contributed by atoms with van der Waals surface area (Å²) in [7, 11) is -16.6. The lowest BCUT2D eigenvalue weighted by molar-refractivity contribution is -0.765. The first-order chi connectivity index (χ1) is 32.0. The van der Waals surface area contributed by atoms with E-state index >= 15 is 0 Å². The van der Waals surface area contributed by atoms with Crippen molar-refractivity contribution in [2.24, 2.45) is 0 Å². The molecule has 3 aromatic heterocycles. The largest absolute Gasteiger partial charge is 0.756 e. The average molecular weight is 1030 g/mol. The van der Waals surface area contributed by atoms with Crippen molar-refractivity contribution >= 4 is 70.3 Å². The fourth-order valence-electron chi connectivity index (χ4n) is 5.71. The Labute approximate surface area is 382 Å². The zero-order chi connectivity index (χ0) is 50.0. The van der Waals surface area contributed by atoms with Crippen LogP contribution >= 0.6 is 23.5 Å².